The first kappa shape index (κ1) is 15.0. The summed E-state index contributed by atoms with van der Waals surface area (Å²) >= 11 is 1.45. The Balaban J connectivity index is 2.12. The molecule has 1 aromatic heterocycles. The predicted molar refractivity (Wildman–Crippen MR) is 73.7 cm³/mol. The monoisotopic (exact) mass is 300 g/mol. The van der Waals surface area contributed by atoms with Gasteiger partial charge in [0.1, 0.15) is 0 Å². The van der Waals surface area contributed by atoms with Crippen LogP contribution in [-0.2, 0) is 19.0 Å². The van der Waals surface area contributed by atoms with Gasteiger partial charge in [0.15, 0.2) is 0 Å². The summed E-state index contributed by atoms with van der Waals surface area (Å²) in [6, 6.07) is 5.38. The fraction of sp³-hybridized carbons (Fsp3) is 0.357. The minimum Gasteiger partial charge on any atom is -0.328 e. The number of nitrogens with zero attached hydrogens (tertiary/aromatic N) is 1. The van der Waals surface area contributed by atoms with Gasteiger partial charge in [-0.05, 0) is 18.6 Å². The molecule has 0 fully saturated rings. The summed E-state index contributed by atoms with van der Waals surface area (Å²) in [6.45, 7) is 1.89. The van der Waals surface area contributed by atoms with Crippen LogP contribution in [0, 0.1) is 0 Å². The lowest BCUT2D eigenvalue weighted by atomic mass is 10.1. The third kappa shape index (κ3) is 4.05. The van der Waals surface area contributed by atoms with Crippen molar-refractivity contribution in [1.82, 2.24) is 4.98 Å². The van der Waals surface area contributed by atoms with Crippen molar-refractivity contribution < 1.29 is 13.2 Å². The second-order valence-corrected chi connectivity index (χ2v) is 5.73. The number of nitrogens with two attached hydrogens (primary N) is 1. The zero-order valence-corrected chi connectivity index (χ0v) is 11.8. The number of rotatable bonds is 4. The lowest BCUT2D eigenvalue weighted by Gasteiger charge is -2.07. The van der Waals surface area contributed by atoms with Crippen LogP contribution in [-0.4, -0.2) is 11.0 Å². The maximum Gasteiger partial charge on any atom is 0.416 e. The molecular formula is C14H15F3N2S. The maximum atomic E-state index is 12.6. The van der Waals surface area contributed by atoms with E-state index in [4.69, 9.17) is 5.73 Å². The molecule has 2 N–H and O–H groups in total. The molecule has 0 spiro atoms. The van der Waals surface area contributed by atoms with Crippen molar-refractivity contribution >= 4 is 11.3 Å². The molecule has 0 saturated heterocycles. The number of benzene rings is 1. The Labute approximate surface area is 119 Å². The quantitative estimate of drug-likeness (QED) is 0.936. The Bertz CT molecular complexity index is 576. The average Bonchev–Trinajstić information content (AvgIpc) is 2.75. The Morgan fingerprint density at radius 1 is 1.35 bits per heavy atom. The first-order valence-electron chi connectivity index (χ1n) is 6.19. The van der Waals surface area contributed by atoms with Gasteiger partial charge in [-0.2, -0.15) is 13.2 Å². The van der Waals surface area contributed by atoms with Gasteiger partial charge >= 0.3 is 6.18 Å². The molecule has 0 amide bonds. The second kappa shape index (κ2) is 5.93. The molecule has 0 bridgehead atoms. The number of thiazole rings is 1. The van der Waals surface area contributed by atoms with Gasteiger partial charge in [0.25, 0.3) is 0 Å². The zero-order chi connectivity index (χ0) is 14.8. The molecular weight excluding hydrogens is 285 g/mol. The zero-order valence-electron chi connectivity index (χ0n) is 10.9. The van der Waals surface area contributed by atoms with Gasteiger partial charge in [0, 0.05) is 24.3 Å². The van der Waals surface area contributed by atoms with E-state index in [0.29, 0.717) is 18.4 Å². The highest BCUT2D eigenvalue weighted by Gasteiger charge is 2.30. The molecule has 1 unspecified atom stereocenters. The fourth-order valence-corrected chi connectivity index (χ4v) is 2.73. The van der Waals surface area contributed by atoms with Crippen molar-refractivity contribution in [2.24, 2.45) is 5.73 Å². The molecule has 0 aliphatic rings. The van der Waals surface area contributed by atoms with Crippen molar-refractivity contribution in [3.8, 4) is 0 Å². The Hall–Kier alpha value is -1.40. The van der Waals surface area contributed by atoms with Crippen molar-refractivity contribution in [2.45, 2.75) is 32.0 Å². The van der Waals surface area contributed by atoms with E-state index in [2.05, 4.69) is 4.98 Å². The SMILES string of the molecule is CC(N)Cc1csc(Cc2cccc(C(F)(F)F)c2)n1. The topological polar surface area (TPSA) is 38.9 Å². The number of hydrogen-bond donors (Lipinski definition) is 1. The molecule has 0 radical (unpaired) electrons. The van der Waals surface area contributed by atoms with Crippen molar-refractivity contribution in [2.75, 3.05) is 0 Å². The standard InChI is InChI=1S/C14H15F3N2S/c1-9(18)5-12-8-20-13(19-12)7-10-3-2-4-11(6-10)14(15,16)17/h2-4,6,8-9H,5,7,18H2,1H3. The molecule has 1 heterocycles. The largest absolute Gasteiger partial charge is 0.416 e. The smallest absolute Gasteiger partial charge is 0.328 e. The summed E-state index contributed by atoms with van der Waals surface area (Å²) in [5.74, 6) is 0. The van der Waals surface area contributed by atoms with Crippen LogP contribution in [0.1, 0.15) is 28.8 Å². The van der Waals surface area contributed by atoms with Crippen LogP contribution in [0.2, 0.25) is 0 Å². The molecule has 1 atom stereocenters. The van der Waals surface area contributed by atoms with Gasteiger partial charge < -0.3 is 5.73 Å². The highest BCUT2D eigenvalue weighted by Crippen LogP contribution is 2.30. The van der Waals surface area contributed by atoms with Crippen LogP contribution in [0.25, 0.3) is 0 Å². The normalized spacial score (nSPS) is 13.4. The van der Waals surface area contributed by atoms with Crippen molar-refractivity contribution in [1.29, 1.82) is 0 Å². The van der Waals surface area contributed by atoms with Crippen LogP contribution in [0.15, 0.2) is 29.6 Å². The van der Waals surface area contributed by atoms with Crippen LogP contribution >= 0.6 is 11.3 Å². The van der Waals surface area contributed by atoms with Crippen LogP contribution in [0.3, 0.4) is 0 Å². The summed E-state index contributed by atoms with van der Waals surface area (Å²) in [4.78, 5) is 4.39. The van der Waals surface area contributed by atoms with E-state index in [1.807, 2.05) is 12.3 Å². The molecule has 0 saturated carbocycles. The van der Waals surface area contributed by atoms with Gasteiger partial charge in [-0.15, -0.1) is 11.3 Å². The van der Waals surface area contributed by atoms with Gasteiger partial charge in [0.2, 0.25) is 0 Å². The number of halogens is 3. The summed E-state index contributed by atoms with van der Waals surface area (Å²) < 4.78 is 37.9. The van der Waals surface area contributed by atoms with E-state index in [9.17, 15) is 13.2 Å². The fourth-order valence-electron chi connectivity index (χ4n) is 1.89. The molecule has 0 aliphatic heterocycles. The third-order valence-corrected chi connectivity index (χ3v) is 3.64. The average molecular weight is 300 g/mol. The molecule has 6 heteroatoms. The Morgan fingerprint density at radius 3 is 2.75 bits per heavy atom. The van der Waals surface area contributed by atoms with E-state index in [0.717, 1.165) is 16.8 Å². The lowest BCUT2D eigenvalue weighted by molar-refractivity contribution is -0.137. The minimum absolute atomic E-state index is 0.0264. The predicted octanol–water partition coefficient (Wildman–Crippen LogP) is 3.64. The molecule has 108 valence electrons. The van der Waals surface area contributed by atoms with E-state index in [1.165, 1.54) is 23.5 Å². The molecule has 2 rings (SSSR count). The summed E-state index contributed by atoms with van der Waals surface area (Å²) in [6.07, 6.45) is -3.22. The molecule has 0 aliphatic carbocycles. The van der Waals surface area contributed by atoms with E-state index >= 15 is 0 Å². The van der Waals surface area contributed by atoms with Crippen molar-refractivity contribution in [3.63, 3.8) is 0 Å². The first-order chi connectivity index (χ1) is 9.34. The number of aromatic nitrogens is 1. The third-order valence-electron chi connectivity index (χ3n) is 2.74. The Kier molecular flexibility index (Phi) is 4.45. The highest BCUT2D eigenvalue weighted by molar-refractivity contribution is 7.09. The lowest BCUT2D eigenvalue weighted by Crippen LogP contribution is -2.17. The molecule has 20 heavy (non-hydrogen) atoms. The van der Waals surface area contributed by atoms with Crippen LogP contribution in [0.5, 0.6) is 0 Å². The minimum atomic E-state index is -4.31. The van der Waals surface area contributed by atoms with E-state index < -0.39 is 11.7 Å². The van der Waals surface area contributed by atoms with Crippen LogP contribution < -0.4 is 5.73 Å². The molecule has 1 aromatic carbocycles. The maximum absolute atomic E-state index is 12.6. The summed E-state index contributed by atoms with van der Waals surface area (Å²) in [5.41, 5.74) is 6.58. The molecule has 2 nitrogen and oxygen atoms in total. The van der Waals surface area contributed by atoms with Gasteiger partial charge in [-0.1, -0.05) is 18.2 Å². The Morgan fingerprint density at radius 2 is 2.10 bits per heavy atom. The number of alkyl halides is 3. The van der Waals surface area contributed by atoms with Crippen LogP contribution in [0.4, 0.5) is 13.2 Å². The second-order valence-electron chi connectivity index (χ2n) is 4.79. The molecule has 2 aromatic rings. The summed E-state index contributed by atoms with van der Waals surface area (Å²) in [5, 5.41) is 2.71. The highest BCUT2D eigenvalue weighted by atomic mass is 32.1. The van der Waals surface area contributed by atoms with E-state index in [1.54, 1.807) is 6.07 Å². The number of hydrogen-bond acceptors (Lipinski definition) is 3. The van der Waals surface area contributed by atoms with Crippen molar-refractivity contribution in [3.05, 3.63) is 51.5 Å². The van der Waals surface area contributed by atoms with Gasteiger partial charge in [-0.3, -0.25) is 0 Å². The summed E-state index contributed by atoms with van der Waals surface area (Å²) in [7, 11) is 0. The van der Waals surface area contributed by atoms with E-state index in [-0.39, 0.29) is 6.04 Å². The van der Waals surface area contributed by atoms with Gasteiger partial charge in [0.05, 0.1) is 16.3 Å². The van der Waals surface area contributed by atoms with Gasteiger partial charge in [-0.25, -0.2) is 4.98 Å². The first-order valence-corrected chi connectivity index (χ1v) is 7.07.